The minimum Gasteiger partial charge on any atom is -0.458 e. The molecule has 1 aromatic carbocycles. The molecule has 194 valence electrons. The van der Waals surface area contributed by atoms with E-state index in [0.717, 1.165) is 19.5 Å². The lowest BCUT2D eigenvalue weighted by molar-refractivity contribution is -0.172. The van der Waals surface area contributed by atoms with E-state index in [1.807, 2.05) is 4.57 Å². The highest BCUT2D eigenvalue weighted by atomic mass is 19.1. The third-order valence-electron chi connectivity index (χ3n) is 8.13. The number of hydrogen-bond donors (Lipinski definition) is 1. The van der Waals surface area contributed by atoms with Crippen LogP contribution in [0.3, 0.4) is 0 Å². The average molecular weight is 508 g/mol. The second-order valence-corrected chi connectivity index (χ2v) is 10.3. The first-order valence-electron chi connectivity index (χ1n) is 13.0. The molecule has 3 aliphatic rings. The van der Waals surface area contributed by atoms with Crippen molar-refractivity contribution in [1.29, 1.82) is 0 Å². The lowest BCUT2D eigenvalue weighted by Gasteiger charge is -2.31. The van der Waals surface area contributed by atoms with Gasteiger partial charge in [0.15, 0.2) is 11.0 Å². The fourth-order valence-corrected chi connectivity index (χ4v) is 6.00. The fraction of sp³-hybridized carbons (Fsp3) is 0.464. The molecule has 2 aromatic heterocycles. The van der Waals surface area contributed by atoms with E-state index in [1.165, 1.54) is 29.5 Å². The van der Waals surface area contributed by atoms with Crippen LogP contribution in [0, 0.1) is 5.82 Å². The maximum Gasteiger partial charge on any atom is 0.343 e. The molecule has 1 fully saturated rings. The van der Waals surface area contributed by atoms with Gasteiger partial charge in [0.2, 0.25) is 0 Å². The highest BCUT2D eigenvalue weighted by molar-refractivity contribution is 5.88. The number of carbonyl (C=O) groups excluding carboxylic acids is 1. The van der Waals surface area contributed by atoms with Gasteiger partial charge in [0.25, 0.3) is 5.56 Å². The molecule has 0 spiro atoms. The Morgan fingerprint density at radius 1 is 1.16 bits per heavy atom. The number of pyridine rings is 2. The maximum absolute atomic E-state index is 14.3. The van der Waals surface area contributed by atoms with Crippen LogP contribution in [0.15, 0.2) is 33.9 Å². The summed E-state index contributed by atoms with van der Waals surface area (Å²) < 4.78 is 23.0. The largest absolute Gasteiger partial charge is 0.458 e. The van der Waals surface area contributed by atoms with E-state index in [-0.39, 0.29) is 41.5 Å². The summed E-state index contributed by atoms with van der Waals surface area (Å²) >= 11 is 0. The molecule has 37 heavy (non-hydrogen) atoms. The molecule has 6 rings (SSSR count). The van der Waals surface area contributed by atoms with Gasteiger partial charge < -0.3 is 19.0 Å². The minimum atomic E-state index is -1.96. The average Bonchev–Trinajstić information content (AvgIpc) is 3.66. The third kappa shape index (κ3) is 3.59. The number of carbonyl (C=O) groups is 1. The van der Waals surface area contributed by atoms with Gasteiger partial charge in [-0.15, -0.1) is 0 Å². The van der Waals surface area contributed by atoms with E-state index < -0.39 is 22.9 Å². The fourth-order valence-electron chi connectivity index (χ4n) is 6.00. The summed E-state index contributed by atoms with van der Waals surface area (Å²) in [5.41, 5.74) is -0.331. The molecular formula is C28H30FN3O5. The summed E-state index contributed by atoms with van der Waals surface area (Å²) in [6.45, 7) is 6.09. The molecule has 1 saturated carbocycles. The molecule has 8 nitrogen and oxygen atoms in total. The number of benzene rings is 1. The summed E-state index contributed by atoms with van der Waals surface area (Å²) in [4.78, 5) is 42.3. The van der Waals surface area contributed by atoms with Crippen LogP contribution in [-0.4, -0.2) is 44.2 Å². The van der Waals surface area contributed by atoms with Crippen LogP contribution in [0.25, 0.3) is 22.2 Å². The van der Waals surface area contributed by atoms with Crippen LogP contribution in [-0.2, 0) is 34.8 Å². The van der Waals surface area contributed by atoms with Gasteiger partial charge in [0, 0.05) is 30.1 Å². The first-order valence-corrected chi connectivity index (χ1v) is 13.0. The normalized spacial score (nSPS) is 20.2. The summed E-state index contributed by atoms with van der Waals surface area (Å²) in [6.07, 6.45) is 3.43. The molecule has 3 aromatic rings. The molecule has 0 bridgehead atoms. The number of hydrogen-bond acceptors (Lipinski definition) is 6. The zero-order chi connectivity index (χ0) is 26.1. The standard InChI is InChI=1S/C28H30FN3O5/c1-3-9-30(17-6-7-17)10-11-31-21-8-5-16(29)12-18(21)25(33)24-22-13-20-19(26(34)32(22)14-23(24)31)15-37-27(35)28(20,36)4-2/h5,8,12-13,17,36H,3-4,6-7,9-11,14-15H2,1-2H3/t28-/m0/s1. The zero-order valence-corrected chi connectivity index (χ0v) is 21.1. The highest BCUT2D eigenvalue weighted by Crippen LogP contribution is 2.38. The summed E-state index contributed by atoms with van der Waals surface area (Å²) in [5.74, 6) is -1.32. The van der Waals surface area contributed by atoms with Crippen LogP contribution >= 0.6 is 0 Å². The van der Waals surface area contributed by atoms with Gasteiger partial charge in [-0.2, -0.15) is 0 Å². The second-order valence-electron chi connectivity index (χ2n) is 10.3. The van der Waals surface area contributed by atoms with Crippen molar-refractivity contribution in [1.82, 2.24) is 14.0 Å². The maximum atomic E-state index is 14.3. The van der Waals surface area contributed by atoms with E-state index in [9.17, 15) is 23.9 Å². The number of esters is 1. The smallest absolute Gasteiger partial charge is 0.343 e. The van der Waals surface area contributed by atoms with Gasteiger partial charge in [-0.3, -0.25) is 14.5 Å². The summed E-state index contributed by atoms with van der Waals surface area (Å²) in [5, 5.41) is 11.4. The minimum absolute atomic E-state index is 0.0240. The van der Waals surface area contributed by atoms with Crippen molar-refractivity contribution in [3.63, 3.8) is 0 Å². The molecule has 0 amide bonds. The van der Waals surface area contributed by atoms with Crippen molar-refractivity contribution in [2.75, 3.05) is 13.1 Å². The number of fused-ring (bicyclic) bond motifs is 5. The Hall–Kier alpha value is -3.30. The van der Waals surface area contributed by atoms with Crippen molar-refractivity contribution < 1.29 is 19.0 Å². The Labute approximate surface area is 212 Å². The molecule has 9 heteroatoms. The molecule has 4 heterocycles. The second kappa shape index (κ2) is 8.63. The predicted octanol–water partition coefficient (Wildman–Crippen LogP) is 2.86. The van der Waals surface area contributed by atoms with E-state index in [1.54, 1.807) is 19.1 Å². The van der Waals surface area contributed by atoms with E-state index in [4.69, 9.17) is 4.74 Å². The van der Waals surface area contributed by atoms with Gasteiger partial charge in [0.1, 0.15) is 12.4 Å². The Balaban J connectivity index is 1.56. The Morgan fingerprint density at radius 2 is 1.95 bits per heavy atom. The lowest BCUT2D eigenvalue weighted by Crippen LogP contribution is -2.44. The Kier molecular flexibility index (Phi) is 5.61. The Morgan fingerprint density at radius 3 is 2.65 bits per heavy atom. The number of rotatable bonds is 7. The summed E-state index contributed by atoms with van der Waals surface area (Å²) in [7, 11) is 0. The number of aliphatic hydroxyl groups is 1. The molecule has 1 aliphatic carbocycles. The van der Waals surface area contributed by atoms with E-state index in [0.29, 0.717) is 35.1 Å². The van der Waals surface area contributed by atoms with Gasteiger partial charge in [0.05, 0.1) is 34.6 Å². The van der Waals surface area contributed by atoms with Crippen LogP contribution in [0.4, 0.5) is 4.39 Å². The molecule has 1 atom stereocenters. The summed E-state index contributed by atoms with van der Waals surface area (Å²) in [6, 6.07) is 6.39. The molecule has 2 aliphatic heterocycles. The molecule has 0 unspecified atom stereocenters. The number of ether oxygens (including phenoxy) is 1. The first kappa shape index (κ1) is 24.1. The van der Waals surface area contributed by atoms with Crippen molar-refractivity contribution in [3.05, 3.63) is 67.5 Å². The molecule has 0 saturated heterocycles. The number of nitrogens with zero attached hydrogens (tertiary/aromatic N) is 3. The van der Waals surface area contributed by atoms with Crippen molar-refractivity contribution >= 4 is 16.9 Å². The molecular weight excluding hydrogens is 477 g/mol. The lowest BCUT2D eigenvalue weighted by atomic mass is 9.86. The van der Waals surface area contributed by atoms with Gasteiger partial charge in [-0.05, 0) is 56.5 Å². The predicted molar refractivity (Wildman–Crippen MR) is 136 cm³/mol. The molecule has 0 radical (unpaired) electrons. The number of halogens is 1. The van der Waals surface area contributed by atoms with Crippen LogP contribution in [0.2, 0.25) is 0 Å². The van der Waals surface area contributed by atoms with Gasteiger partial charge >= 0.3 is 5.97 Å². The zero-order valence-electron chi connectivity index (χ0n) is 21.1. The van der Waals surface area contributed by atoms with Gasteiger partial charge in [-0.1, -0.05) is 13.8 Å². The monoisotopic (exact) mass is 507 g/mol. The van der Waals surface area contributed by atoms with Crippen molar-refractivity contribution in [2.24, 2.45) is 0 Å². The van der Waals surface area contributed by atoms with Crippen molar-refractivity contribution in [2.45, 2.75) is 70.9 Å². The van der Waals surface area contributed by atoms with E-state index in [2.05, 4.69) is 11.8 Å². The SMILES string of the molecule is CCCN(CCn1c2c(c(=O)c3cc(F)ccc31)-c1cc3c(c(=O)n1C2)COC(=O)[C@]3(O)CC)C1CC1. The third-order valence-corrected chi connectivity index (χ3v) is 8.13. The first-order chi connectivity index (χ1) is 17.8. The number of aromatic nitrogens is 2. The van der Waals surface area contributed by atoms with Crippen molar-refractivity contribution in [3.8, 4) is 11.3 Å². The number of cyclic esters (lactones) is 1. The highest BCUT2D eigenvalue weighted by Gasteiger charge is 2.45. The van der Waals surface area contributed by atoms with Gasteiger partial charge in [-0.25, -0.2) is 9.18 Å². The topological polar surface area (TPSA) is 93.8 Å². The van der Waals surface area contributed by atoms with E-state index >= 15 is 0 Å². The quantitative estimate of drug-likeness (QED) is 0.387. The Bertz CT molecular complexity index is 1570. The van der Waals surface area contributed by atoms with Crippen LogP contribution in [0.1, 0.15) is 56.4 Å². The van der Waals surface area contributed by atoms with Crippen LogP contribution < -0.4 is 11.0 Å². The van der Waals surface area contributed by atoms with Crippen LogP contribution in [0.5, 0.6) is 0 Å². The molecule has 1 N–H and O–H groups in total.